The topological polar surface area (TPSA) is 89.2 Å². The largest absolute Gasteiger partial charge is 0.494 e. The van der Waals surface area contributed by atoms with Gasteiger partial charge in [0.2, 0.25) is 5.88 Å². The van der Waals surface area contributed by atoms with Crippen LogP contribution in [0.1, 0.15) is 36.9 Å². The van der Waals surface area contributed by atoms with Crippen LogP contribution in [-0.4, -0.2) is 33.1 Å². The zero-order valence-electron chi connectivity index (χ0n) is 13.4. The third-order valence-corrected chi connectivity index (χ3v) is 4.47. The van der Waals surface area contributed by atoms with Crippen LogP contribution in [0, 0.1) is 11.7 Å². The molecule has 3 N–H and O–H groups in total. The predicted octanol–water partition coefficient (Wildman–Crippen LogP) is 1.73. The number of nitrogens with one attached hydrogen (secondary N) is 2. The van der Waals surface area contributed by atoms with Crippen molar-refractivity contribution < 1.29 is 9.50 Å². The van der Waals surface area contributed by atoms with Crippen LogP contribution >= 0.6 is 0 Å². The monoisotopic (exact) mass is 333 g/mol. The van der Waals surface area contributed by atoms with Gasteiger partial charge in [0.05, 0.1) is 11.6 Å². The van der Waals surface area contributed by atoms with Crippen molar-refractivity contribution in [3.8, 4) is 5.88 Å². The molecule has 0 radical (unpaired) electrons. The van der Waals surface area contributed by atoms with E-state index in [0.717, 1.165) is 25.9 Å². The second-order valence-corrected chi connectivity index (χ2v) is 6.37. The predicted molar refractivity (Wildman–Crippen MR) is 87.6 cm³/mol. The van der Waals surface area contributed by atoms with E-state index in [0.29, 0.717) is 11.5 Å². The van der Waals surface area contributed by atoms with Gasteiger partial charge in [-0.1, -0.05) is 19.1 Å². The van der Waals surface area contributed by atoms with Crippen molar-refractivity contribution in [2.45, 2.75) is 25.8 Å². The Morgan fingerprint density at radius 2 is 1.96 bits per heavy atom. The van der Waals surface area contributed by atoms with Gasteiger partial charge in [-0.25, -0.2) is 9.18 Å². The average molecular weight is 333 g/mol. The van der Waals surface area contributed by atoms with Gasteiger partial charge in [-0.3, -0.25) is 19.7 Å². The zero-order chi connectivity index (χ0) is 17.3. The van der Waals surface area contributed by atoms with Gasteiger partial charge in [-0.15, -0.1) is 0 Å². The average Bonchev–Trinajstić information content (AvgIpc) is 2.52. The number of aromatic nitrogens is 2. The molecule has 0 saturated carbocycles. The molecule has 6 nitrogen and oxygen atoms in total. The summed E-state index contributed by atoms with van der Waals surface area (Å²) in [5.41, 5.74) is -0.622. The lowest BCUT2D eigenvalue weighted by Gasteiger charge is -2.37. The number of rotatable bonds is 3. The molecule has 0 bridgehead atoms. The lowest BCUT2D eigenvalue weighted by Crippen LogP contribution is -2.41. The number of benzene rings is 1. The number of hydrogen-bond donors (Lipinski definition) is 3. The van der Waals surface area contributed by atoms with Crippen molar-refractivity contribution in [1.29, 1.82) is 0 Å². The van der Waals surface area contributed by atoms with Crippen molar-refractivity contribution in [2.75, 3.05) is 13.1 Å². The summed E-state index contributed by atoms with van der Waals surface area (Å²) >= 11 is 0. The zero-order valence-corrected chi connectivity index (χ0v) is 13.4. The van der Waals surface area contributed by atoms with Gasteiger partial charge >= 0.3 is 5.69 Å². The standard InChI is InChI=1S/C17H20FN3O3/c1-10-3-2-8-21(9-10)14(11-4-6-12(18)7-5-11)13-15(22)19-17(24)20-16(13)23/h4-7,10,14H,2-3,8-9H2,1H3,(H3,19,20,22,23,24). The first-order valence-corrected chi connectivity index (χ1v) is 8.00. The fourth-order valence-electron chi connectivity index (χ4n) is 3.40. The van der Waals surface area contributed by atoms with Gasteiger partial charge in [0.1, 0.15) is 5.82 Å². The number of aromatic hydroxyl groups is 1. The van der Waals surface area contributed by atoms with Crippen molar-refractivity contribution in [1.82, 2.24) is 14.9 Å². The van der Waals surface area contributed by atoms with Crippen LogP contribution in [0.2, 0.25) is 0 Å². The lowest BCUT2D eigenvalue weighted by molar-refractivity contribution is 0.146. The molecular formula is C17H20FN3O3. The first-order chi connectivity index (χ1) is 11.5. The second-order valence-electron chi connectivity index (χ2n) is 6.37. The summed E-state index contributed by atoms with van der Waals surface area (Å²) in [6.07, 6.45) is 2.07. The van der Waals surface area contributed by atoms with Gasteiger partial charge in [0, 0.05) is 6.54 Å². The third kappa shape index (κ3) is 3.26. The number of piperidine rings is 1. The quantitative estimate of drug-likeness (QED) is 0.798. The van der Waals surface area contributed by atoms with Gasteiger partial charge < -0.3 is 5.11 Å². The number of nitrogens with zero attached hydrogens (tertiary/aromatic N) is 1. The van der Waals surface area contributed by atoms with E-state index in [1.165, 1.54) is 12.1 Å². The summed E-state index contributed by atoms with van der Waals surface area (Å²) in [6, 6.07) is 5.31. The number of aromatic amines is 2. The molecule has 1 fully saturated rings. The van der Waals surface area contributed by atoms with Gasteiger partial charge in [-0.05, 0) is 43.0 Å². The van der Waals surface area contributed by atoms with E-state index in [-0.39, 0.29) is 11.4 Å². The molecule has 3 rings (SSSR count). The minimum absolute atomic E-state index is 0.0790. The highest BCUT2D eigenvalue weighted by Gasteiger charge is 2.31. The molecule has 1 aromatic heterocycles. The lowest BCUT2D eigenvalue weighted by atomic mass is 9.93. The molecule has 0 amide bonds. The minimum atomic E-state index is -0.758. The Hall–Kier alpha value is -2.41. The number of hydrogen-bond acceptors (Lipinski definition) is 4. The SMILES string of the molecule is CC1CCCN(C(c2ccc(F)cc2)c2c(O)[nH]c(=O)[nH]c2=O)C1. The Balaban J connectivity index is 2.13. The summed E-state index contributed by atoms with van der Waals surface area (Å²) in [7, 11) is 0. The van der Waals surface area contributed by atoms with Gasteiger partial charge in [0.15, 0.2) is 0 Å². The Kier molecular flexibility index (Phi) is 4.53. The van der Waals surface area contributed by atoms with Gasteiger partial charge in [0.25, 0.3) is 5.56 Å². The highest BCUT2D eigenvalue weighted by molar-refractivity contribution is 5.35. The molecule has 0 aliphatic carbocycles. The van der Waals surface area contributed by atoms with Crippen molar-refractivity contribution in [2.24, 2.45) is 5.92 Å². The molecule has 0 spiro atoms. The van der Waals surface area contributed by atoms with E-state index in [4.69, 9.17) is 0 Å². The highest BCUT2D eigenvalue weighted by Crippen LogP contribution is 2.33. The summed E-state index contributed by atoms with van der Waals surface area (Å²) in [4.78, 5) is 30.2. The van der Waals surface area contributed by atoms with Gasteiger partial charge in [-0.2, -0.15) is 0 Å². The molecule has 2 aromatic rings. The van der Waals surface area contributed by atoms with E-state index in [2.05, 4.69) is 21.8 Å². The molecule has 1 saturated heterocycles. The molecular weight excluding hydrogens is 313 g/mol. The van der Waals surface area contributed by atoms with Crippen molar-refractivity contribution in [3.63, 3.8) is 0 Å². The Morgan fingerprint density at radius 1 is 1.25 bits per heavy atom. The van der Waals surface area contributed by atoms with E-state index in [1.807, 2.05) is 0 Å². The van der Waals surface area contributed by atoms with Crippen LogP contribution in [-0.2, 0) is 0 Å². The third-order valence-electron chi connectivity index (χ3n) is 4.47. The maximum absolute atomic E-state index is 13.3. The molecule has 2 atom stereocenters. The van der Waals surface area contributed by atoms with Crippen LogP contribution in [0.15, 0.2) is 33.9 Å². The van der Waals surface area contributed by atoms with E-state index < -0.39 is 23.2 Å². The number of H-pyrrole nitrogens is 2. The molecule has 2 unspecified atom stereocenters. The van der Waals surface area contributed by atoms with E-state index in [9.17, 15) is 19.1 Å². The molecule has 7 heteroatoms. The molecule has 128 valence electrons. The molecule has 1 aliphatic rings. The Morgan fingerprint density at radius 3 is 2.58 bits per heavy atom. The van der Waals surface area contributed by atoms with Crippen LogP contribution in [0.5, 0.6) is 5.88 Å². The molecule has 2 heterocycles. The fraction of sp³-hybridized carbons (Fsp3) is 0.412. The van der Waals surface area contributed by atoms with E-state index >= 15 is 0 Å². The summed E-state index contributed by atoms with van der Waals surface area (Å²) in [5.74, 6) is -0.369. The second kappa shape index (κ2) is 6.60. The summed E-state index contributed by atoms with van der Waals surface area (Å²) < 4.78 is 13.3. The first-order valence-electron chi connectivity index (χ1n) is 8.00. The van der Waals surface area contributed by atoms with Crippen LogP contribution in [0.4, 0.5) is 4.39 Å². The van der Waals surface area contributed by atoms with Crippen LogP contribution in [0.25, 0.3) is 0 Å². The minimum Gasteiger partial charge on any atom is -0.494 e. The summed E-state index contributed by atoms with van der Waals surface area (Å²) in [6.45, 7) is 3.63. The summed E-state index contributed by atoms with van der Waals surface area (Å²) in [5, 5.41) is 10.2. The molecule has 1 aliphatic heterocycles. The fourth-order valence-corrected chi connectivity index (χ4v) is 3.40. The molecule has 1 aromatic carbocycles. The maximum atomic E-state index is 13.3. The Bertz CT molecular complexity index is 828. The number of likely N-dealkylation sites (tertiary alicyclic amines) is 1. The maximum Gasteiger partial charge on any atom is 0.328 e. The smallest absolute Gasteiger partial charge is 0.328 e. The van der Waals surface area contributed by atoms with Crippen LogP contribution < -0.4 is 11.2 Å². The molecule has 24 heavy (non-hydrogen) atoms. The van der Waals surface area contributed by atoms with E-state index in [1.54, 1.807) is 12.1 Å². The number of halogens is 1. The van der Waals surface area contributed by atoms with Crippen molar-refractivity contribution in [3.05, 3.63) is 62.0 Å². The van der Waals surface area contributed by atoms with Crippen LogP contribution in [0.3, 0.4) is 0 Å². The highest BCUT2D eigenvalue weighted by atomic mass is 19.1. The Labute approximate surface area is 138 Å². The van der Waals surface area contributed by atoms with Crippen molar-refractivity contribution >= 4 is 0 Å². The first kappa shape index (κ1) is 16.4. The normalized spacial score (nSPS) is 20.0.